The Morgan fingerprint density at radius 2 is 2.00 bits per heavy atom. The third-order valence-electron chi connectivity index (χ3n) is 2.71. The average Bonchev–Trinajstić information content (AvgIpc) is 2.16. The molecule has 0 aromatic heterocycles. The van der Waals surface area contributed by atoms with Gasteiger partial charge in [-0.1, -0.05) is 6.92 Å². The lowest BCUT2D eigenvalue weighted by Gasteiger charge is -2.32. The average molecular weight is 283 g/mol. The van der Waals surface area contributed by atoms with E-state index in [2.05, 4.69) is 6.92 Å². The molecule has 0 aromatic rings. The van der Waals surface area contributed by atoms with Crippen molar-refractivity contribution in [3.05, 3.63) is 0 Å². The van der Waals surface area contributed by atoms with Crippen molar-refractivity contribution in [2.24, 2.45) is 5.73 Å². The summed E-state index contributed by atoms with van der Waals surface area (Å²) in [4.78, 5) is 0. The molecule has 3 atom stereocenters. The maximum Gasteiger partial charge on any atom is 0.147 e. The first-order valence-electron chi connectivity index (χ1n) is 5.56. The molecular formula is C10H21NO2S3. The van der Waals surface area contributed by atoms with Crippen LogP contribution >= 0.6 is 23.5 Å². The lowest BCUT2D eigenvalue weighted by molar-refractivity contribution is 0.561. The summed E-state index contributed by atoms with van der Waals surface area (Å²) in [5.74, 6) is 2.64. The Kier molecular flexibility index (Phi) is 5.98. The second kappa shape index (κ2) is 6.52. The van der Waals surface area contributed by atoms with Crippen molar-refractivity contribution in [3.63, 3.8) is 0 Å². The summed E-state index contributed by atoms with van der Waals surface area (Å²) < 4.78 is 22.0. The van der Waals surface area contributed by atoms with Crippen LogP contribution < -0.4 is 5.73 Å². The minimum absolute atomic E-state index is 0.134. The maximum absolute atomic E-state index is 11.0. The van der Waals surface area contributed by atoms with Crippen LogP contribution in [0.5, 0.6) is 0 Å². The predicted octanol–water partition coefficient (Wildman–Crippen LogP) is 1.38. The topological polar surface area (TPSA) is 60.2 Å². The van der Waals surface area contributed by atoms with Crippen LogP contribution in [0.2, 0.25) is 0 Å². The molecule has 0 radical (unpaired) electrons. The molecule has 1 saturated heterocycles. The summed E-state index contributed by atoms with van der Waals surface area (Å²) in [6.07, 6.45) is 2.79. The lowest BCUT2D eigenvalue weighted by atomic mass is 10.1. The van der Waals surface area contributed by atoms with Gasteiger partial charge in [0.15, 0.2) is 0 Å². The normalized spacial score (nSPS) is 28.9. The van der Waals surface area contributed by atoms with E-state index in [9.17, 15) is 8.42 Å². The van der Waals surface area contributed by atoms with Crippen LogP contribution in [0.3, 0.4) is 0 Å². The van der Waals surface area contributed by atoms with Gasteiger partial charge in [-0.2, -0.15) is 23.5 Å². The molecular weight excluding hydrogens is 262 g/mol. The molecule has 0 aliphatic carbocycles. The molecule has 16 heavy (non-hydrogen) atoms. The van der Waals surface area contributed by atoms with Gasteiger partial charge in [0.05, 0.1) is 0 Å². The number of hydrogen-bond acceptors (Lipinski definition) is 5. The summed E-state index contributed by atoms with van der Waals surface area (Å²) in [6, 6.07) is 0.134. The van der Waals surface area contributed by atoms with Crippen molar-refractivity contribution in [2.75, 3.05) is 23.5 Å². The Morgan fingerprint density at radius 3 is 2.56 bits per heavy atom. The zero-order valence-electron chi connectivity index (χ0n) is 9.89. The molecule has 0 aromatic carbocycles. The minimum atomic E-state index is -2.83. The highest BCUT2D eigenvalue weighted by molar-refractivity contribution is 8.07. The molecule has 1 rings (SSSR count). The molecule has 1 fully saturated rings. The van der Waals surface area contributed by atoms with E-state index >= 15 is 0 Å². The van der Waals surface area contributed by atoms with Crippen LogP contribution in [-0.4, -0.2) is 48.5 Å². The molecule has 1 heterocycles. The van der Waals surface area contributed by atoms with Gasteiger partial charge < -0.3 is 5.73 Å². The molecule has 0 amide bonds. The third kappa shape index (κ3) is 5.29. The van der Waals surface area contributed by atoms with Gasteiger partial charge in [0.25, 0.3) is 0 Å². The smallest absolute Gasteiger partial charge is 0.147 e. The van der Waals surface area contributed by atoms with E-state index in [1.165, 1.54) is 17.8 Å². The van der Waals surface area contributed by atoms with Crippen molar-refractivity contribution < 1.29 is 8.42 Å². The van der Waals surface area contributed by atoms with Gasteiger partial charge in [-0.05, 0) is 12.8 Å². The quantitative estimate of drug-likeness (QED) is 0.826. The third-order valence-corrected chi connectivity index (χ3v) is 7.01. The summed E-state index contributed by atoms with van der Waals surface area (Å²) in [5, 5.41) is 1.07. The van der Waals surface area contributed by atoms with E-state index in [-0.39, 0.29) is 11.8 Å². The van der Waals surface area contributed by atoms with E-state index in [1.807, 2.05) is 23.5 Å². The van der Waals surface area contributed by atoms with Crippen molar-refractivity contribution >= 4 is 33.4 Å². The highest BCUT2D eigenvalue weighted by atomic mass is 32.2. The molecule has 0 saturated carbocycles. The Hall–Kier alpha value is 0.610. The highest BCUT2D eigenvalue weighted by Crippen LogP contribution is 2.33. The first kappa shape index (κ1) is 14.7. The maximum atomic E-state index is 11.0. The van der Waals surface area contributed by atoms with Crippen molar-refractivity contribution in [3.8, 4) is 0 Å². The Balaban J connectivity index is 2.31. The van der Waals surface area contributed by atoms with Gasteiger partial charge in [0, 0.05) is 40.1 Å². The van der Waals surface area contributed by atoms with Gasteiger partial charge in [0.1, 0.15) is 9.84 Å². The fourth-order valence-electron chi connectivity index (χ4n) is 1.87. The molecule has 0 bridgehead atoms. The highest BCUT2D eigenvalue weighted by Gasteiger charge is 2.27. The van der Waals surface area contributed by atoms with Crippen LogP contribution in [-0.2, 0) is 9.84 Å². The molecule has 6 heteroatoms. The van der Waals surface area contributed by atoms with Gasteiger partial charge in [-0.15, -0.1) is 0 Å². The van der Waals surface area contributed by atoms with E-state index in [1.54, 1.807) is 0 Å². The van der Waals surface area contributed by atoms with Gasteiger partial charge >= 0.3 is 0 Å². The van der Waals surface area contributed by atoms with Crippen molar-refractivity contribution in [2.45, 2.75) is 36.3 Å². The minimum Gasteiger partial charge on any atom is -0.327 e. The van der Waals surface area contributed by atoms with Crippen molar-refractivity contribution in [1.29, 1.82) is 0 Å². The molecule has 2 N–H and O–H groups in total. The number of thioether (sulfide) groups is 2. The monoisotopic (exact) mass is 283 g/mol. The fraction of sp³-hybridized carbons (Fsp3) is 1.00. The van der Waals surface area contributed by atoms with Crippen LogP contribution in [0.25, 0.3) is 0 Å². The van der Waals surface area contributed by atoms with E-state index < -0.39 is 9.84 Å². The lowest BCUT2D eigenvalue weighted by Crippen LogP contribution is -2.40. The van der Waals surface area contributed by atoms with E-state index in [4.69, 9.17) is 5.73 Å². The largest absolute Gasteiger partial charge is 0.327 e. The van der Waals surface area contributed by atoms with Crippen LogP contribution in [0.4, 0.5) is 0 Å². The summed E-state index contributed by atoms with van der Waals surface area (Å²) in [5.41, 5.74) is 6.14. The van der Waals surface area contributed by atoms with Gasteiger partial charge in [-0.3, -0.25) is 0 Å². The van der Waals surface area contributed by atoms with E-state index in [0.717, 1.165) is 6.42 Å². The van der Waals surface area contributed by atoms with E-state index in [0.29, 0.717) is 16.9 Å². The fourth-order valence-corrected chi connectivity index (χ4v) is 5.49. The molecule has 1 aliphatic rings. The second-order valence-electron chi connectivity index (χ2n) is 4.35. The Bertz CT molecular complexity index is 305. The summed E-state index contributed by atoms with van der Waals surface area (Å²) in [6.45, 7) is 2.22. The number of hydrogen-bond donors (Lipinski definition) is 1. The number of nitrogens with two attached hydrogens (primary N) is 1. The first-order chi connectivity index (χ1) is 7.40. The Morgan fingerprint density at radius 1 is 1.38 bits per heavy atom. The van der Waals surface area contributed by atoms with Crippen molar-refractivity contribution in [1.82, 2.24) is 0 Å². The SMILES string of the molecule is CC1SCCSC1C(N)CCCS(C)(=O)=O. The van der Waals surface area contributed by atoms with Crippen LogP contribution in [0.15, 0.2) is 0 Å². The van der Waals surface area contributed by atoms with Crippen LogP contribution in [0, 0.1) is 0 Å². The molecule has 1 aliphatic heterocycles. The molecule has 96 valence electrons. The second-order valence-corrected chi connectivity index (χ2v) is 9.38. The molecule has 3 nitrogen and oxygen atoms in total. The standard InChI is InChI=1S/C10H21NO2S3/c1-8-10(15-6-5-14-8)9(11)4-3-7-16(2,12)13/h8-10H,3-7,11H2,1-2H3. The zero-order valence-corrected chi connectivity index (χ0v) is 12.3. The zero-order chi connectivity index (χ0) is 12.2. The Labute approximate surface area is 107 Å². The summed E-state index contributed by atoms with van der Waals surface area (Å²) in [7, 11) is -2.83. The summed E-state index contributed by atoms with van der Waals surface area (Å²) >= 11 is 3.92. The number of rotatable bonds is 5. The molecule has 3 unspecified atom stereocenters. The number of sulfone groups is 1. The molecule has 0 spiro atoms. The first-order valence-corrected chi connectivity index (χ1v) is 9.72. The van der Waals surface area contributed by atoms with Gasteiger partial charge in [0.2, 0.25) is 0 Å². The van der Waals surface area contributed by atoms with Crippen LogP contribution in [0.1, 0.15) is 19.8 Å². The van der Waals surface area contributed by atoms with Gasteiger partial charge in [-0.25, -0.2) is 8.42 Å². The predicted molar refractivity (Wildman–Crippen MR) is 75.1 cm³/mol.